The quantitative estimate of drug-likeness (QED) is 0.500. The Bertz CT molecular complexity index is 435. The van der Waals surface area contributed by atoms with Gasteiger partial charge in [0.25, 0.3) is 5.91 Å². The number of unbranched alkanes of at least 4 members (excludes halogenated alkanes) is 7. The topological polar surface area (TPSA) is 55.1 Å². The molecule has 0 bridgehead atoms. The predicted molar refractivity (Wildman–Crippen MR) is 85.8 cm³/mol. The van der Waals surface area contributed by atoms with E-state index in [4.69, 9.17) is 5.73 Å². The number of carbonyl (C=O) groups is 1. The van der Waals surface area contributed by atoms with Crippen LogP contribution in [0.1, 0.15) is 68.6 Å². The highest BCUT2D eigenvalue weighted by molar-refractivity contribution is 5.99. The van der Waals surface area contributed by atoms with E-state index in [-0.39, 0.29) is 11.6 Å². The summed E-state index contributed by atoms with van der Waals surface area (Å²) in [5.41, 5.74) is 6.16. The van der Waals surface area contributed by atoms with Crippen molar-refractivity contribution < 1.29 is 9.18 Å². The first kappa shape index (κ1) is 17.5. The number of nitrogens with two attached hydrogens (primary N) is 1. The highest BCUT2D eigenvalue weighted by Crippen LogP contribution is 2.13. The first-order chi connectivity index (χ1) is 10.1. The van der Waals surface area contributed by atoms with Gasteiger partial charge in [-0.15, -0.1) is 0 Å². The molecule has 0 aliphatic carbocycles. The molecule has 3 nitrogen and oxygen atoms in total. The van der Waals surface area contributed by atoms with E-state index in [9.17, 15) is 9.18 Å². The number of anilines is 1. The van der Waals surface area contributed by atoms with E-state index in [1.807, 2.05) is 0 Å². The van der Waals surface area contributed by atoms with E-state index in [0.717, 1.165) is 12.8 Å². The van der Waals surface area contributed by atoms with Crippen molar-refractivity contribution in [2.75, 3.05) is 12.3 Å². The summed E-state index contributed by atoms with van der Waals surface area (Å²) in [5.74, 6) is -0.650. The van der Waals surface area contributed by atoms with Crippen LogP contribution >= 0.6 is 0 Å². The third-order valence-electron chi connectivity index (χ3n) is 3.57. The monoisotopic (exact) mass is 294 g/mol. The van der Waals surface area contributed by atoms with Crippen LogP contribution in [0, 0.1) is 5.82 Å². The van der Waals surface area contributed by atoms with Crippen molar-refractivity contribution in [3.63, 3.8) is 0 Å². The van der Waals surface area contributed by atoms with Crippen LogP contribution in [0.3, 0.4) is 0 Å². The van der Waals surface area contributed by atoms with Gasteiger partial charge in [0.2, 0.25) is 0 Å². The average molecular weight is 294 g/mol. The molecule has 1 amide bonds. The highest BCUT2D eigenvalue weighted by atomic mass is 19.1. The number of carbonyl (C=O) groups excluding carboxylic acids is 1. The van der Waals surface area contributed by atoms with Gasteiger partial charge >= 0.3 is 0 Å². The first-order valence-corrected chi connectivity index (χ1v) is 7.98. The summed E-state index contributed by atoms with van der Waals surface area (Å²) in [6.45, 7) is 2.86. The molecule has 0 saturated carbocycles. The number of benzene rings is 1. The molecule has 0 heterocycles. The number of rotatable bonds is 10. The van der Waals surface area contributed by atoms with Gasteiger partial charge in [0.1, 0.15) is 5.82 Å². The lowest BCUT2D eigenvalue weighted by Crippen LogP contribution is -2.25. The van der Waals surface area contributed by atoms with Gasteiger partial charge in [-0.3, -0.25) is 4.79 Å². The van der Waals surface area contributed by atoms with Gasteiger partial charge < -0.3 is 11.1 Å². The molecule has 21 heavy (non-hydrogen) atoms. The van der Waals surface area contributed by atoms with E-state index < -0.39 is 5.82 Å². The maximum Gasteiger partial charge on any atom is 0.253 e. The first-order valence-electron chi connectivity index (χ1n) is 7.98. The van der Waals surface area contributed by atoms with Gasteiger partial charge in [-0.1, -0.05) is 51.9 Å². The zero-order chi connectivity index (χ0) is 15.5. The summed E-state index contributed by atoms with van der Waals surface area (Å²) >= 11 is 0. The molecule has 0 atom stereocenters. The molecule has 0 aromatic heterocycles. The van der Waals surface area contributed by atoms with Crippen molar-refractivity contribution in [3.05, 3.63) is 29.6 Å². The Morgan fingerprint density at radius 2 is 1.71 bits per heavy atom. The number of nitrogen functional groups attached to an aromatic ring is 1. The summed E-state index contributed by atoms with van der Waals surface area (Å²) in [7, 11) is 0. The van der Waals surface area contributed by atoms with Gasteiger partial charge in [-0.25, -0.2) is 4.39 Å². The van der Waals surface area contributed by atoms with Crippen molar-refractivity contribution in [1.29, 1.82) is 0 Å². The largest absolute Gasteiger partial charge is 0.398 e. The Hall–Kier alpha value is -1.58. The highest BCUT2D eigenvalue weighted by Gasteiger charge is 2.09. The van der Waals surface area contributed by atoms with Crippen LogP contribution < -0.4 is 11.1 Å². The minimum Gasteiger partial charge on any atom is -0.398 e. The molecule has 118 valence electrons. The van der Waals surface area contributed by atoms with Crippen molar-refractivity contribution >= 4 is 11.6 Å². The Kier molecular flexibility index (Phi) is 8.48. The van der Waals surface area contributed by atoms with E-state index in [1.165, 1.54) is 56.7 Å². The third kappa shape index (κ3) is 7.11. The Morgan fingerprint density at radius 1 is 1.10 bits per heavy atom. The molecule has 1 aromatic rings. The fourth-order valence-corrected chi connectivity index (χ4v) is 2.30. The number of halogens is 1. The van der Waals surface area contributed by atoms with Crippen molar-refractivity contribution in [1.82, 2.24) is 5.32 Å². The van der Waals surface area contributed by atoms with Gasteiger partial charge in [-0.05, 0) is 24.6 Å². The van der Waals surface area contributed by atoms with Crippen LogP contribution in [0.5, 0.6) is 0 Å². The summed E-state index contributed by atoms with van der Waals surface area (Å²) in [6, 6.07) is 3.85. The molecule has 4 heteroatoms. The Balaban J connectivity index is 2.11. The zero-order valence-electron chi connectivity index (χ0n) is 13.0. The summed E-state index contributed by atoms with van der Waals surface area (Å²) in [4.78, 5) is 11.9. The molecule has 3 N–H and O–H groups in total. The molecule has 0 unspecified atom stereocenters. The molecule has 0 aliphatic rings. The molecular weight excluding hydrogens is 267 g/mol. The lowest BCUT2D eigenvalue weighted by molar-refractivity contribution is 0.0954. The van der Waals surface area contributed by atoms with E-state index in [2.05, 4.69) is 12.2 Å². The Morgan fingerprint density at radius 3 is 2.33 bits per heavy atom. The van der Waals surface area contributed by atoms with E-state index in [1.54, 1.807) is 0 Å². The maximum absolute atomic E-state index is 12.9. The maximum atomic E-state index is 12.9. The average Bonchev–Trinajstić information content (AvgIpc) is 2.45. The van der Waals surface area contributed by atoms with Crippen LogP contribution in [-0.2, 0) is 0 Å². The van der Waals surface area contributed by atoms with Crippen LogP contribution in [0.2, 0.25) is 0 Å². The molecular formula is C17H27FN2O. The predicted octanol–water partition coefficient (Wildman–Crippen LogP) is 4.28. The lowest BCUT2D eigenvalue weighted by Gasteiger charge is -2.07. The van der Waals surface area contributed by atoms with Crippen LogP contribution in [0.4, 0.5) is 10.1 Å². The third-order valence-corrected chi connectivity index (χ3v) is 3.57. The van der Waals surface area contributed by atoms with E-state index in [0.29, 0.717) is 12.1 Å². The van der Waals surface area contributed by atoms with Crippen molar-refractivity contribution in [2.24, 2.45) is 0 Å². The second kappa shape index (κ2) is 10.2. The van der Waals surface area contributed by atoms with Gasteiger partial charge in [0, 0.05) is 12.2 Å². The summed E-state index contributed by atoms with van der Waals surface area (Å²) in [6.07, 6.45) is 9.85. The van der Waals surface area contributed by atoms with Crippen LogP contribution in [-0.4, -0.2) is 12.5 Å². The van der Waals surface area contributed by atoms with Gasteiger partial charge in [0.05, 0.1) is 5.56 Å². The molecule has 1 aromatic carbocycles. The minimum absolute atomic E-state index is 0.184. The fourth-order valence-electron chi connectivity index (χ4n) is 2.30. The molecule has 0 fully saturated rings. The van der Waals surface area contributed by atoms with Crippen LogP contribution in [0.25, 0.3) is 0 Å². The number of amides is 1. The minimum atomic E-state index is -0.424. The molecule has 0 spiro atoms. The van der Waals surface area contributed by atoms with E-state index >= 15 is 0 Å². The lowest BCUT2D eigenvalue weighted by atomic mass is 10.1. The standard InChI is InChI=1S/C17H27FN2O/c1-2-3-4-5-6-7-8-9-12-20-17(21)15-11-10-14(18)13-16(15)19/h10-11,13H,2-9,12,19H2,1H3,(H,20,21). The SMILES string of the molecule is CCCCCCCCCCNC(=O)c1ccc(F)cc1N. The molecule has 0 saturated heterocycles. The Labute approximate surface area is 127 Å². The number of hydrogen-bond acceptors (Lipinski definition) is 2. The van der Waals surface area contributed by atoms with Crippen LogP contribution in [0.15, 0.2) is 18.2 Å². The smallest absolute Gasteiger partial charge is 0.253 e. The second-order valence-electron chi connectivity index (χ2n) is 5.46. The van der Waals surface area contributed by atoms with Gasteiger partial charge in [0.15, 0.2) is 0 Å². The number of nitrogens with one attached hydrogen (secondary N) is 1. The normalized spacial score (nSPS) is 10.6. The fraction of sp³-hybridized carbons (Fsp3) is 0.588. The summed E-state index contributed by atoms with van der Waals surface area (Å²) < 4.78 is 12.9. The second-order valence-corrected chi connectivity index (χ2v) is 5.46. The van der Waals surface area contributed by atoms with Crippen molar-refractivity contribution in [2.45, 2.75) is 58.3 Å². The van der Waals surface area contributed by atoms with Gasteiger partial charge in [-0.2, -0.15) is 0 Å². The molecule has 0 aliphatic heterocycles. The molecule has 1 rings (SSSR count). The summed E-state index contributed by atoms with van der Waals surface area (Å²) in [5, 5.41) is 2.83. The molecule has 0 radical (unpaired) electrons. The number of hydrogen-bond donors (Lipinski definition) is 2. The van der Waals surface area contributed by atoms with Crippen molar-refractivity contribution in [3.8, 4) is 0 Å². The zero-order valence-corrected chi connectivity index (χ0v) is 13.0.